The Morgan fingerprint density at radius 3 is 1.24 bits per heavy atom. The number of benzene rings is 3. The lowest BCUT2D eigenvalue weighted by Crippen LogP contribution is -2.10. The first kappa shape index (κ1) is 23.1. The van der Waals surface area contributed by atoms with Crippen molar-refractivity contribution >= 4 is 17.9 Å². The zero-order chi connectivity index (χ0) is 24.0. The molecule has 8 heteroatoms. The predicted octanol–water partition coefficient (Wildman–Crippen LogP) is 5.35. The highest BCUT2D eigenvalue weighted by Gasteiger charge is 2.12. The molecule has 0 aromatic heterocycles. The van der Waals surface area contributed by atoms with Crippen molar-refractivity contribution in [2.45, 2.75) is 0 Å². The van der Waals surface area contributed by atoms with Gasteiger partial charge in [0.2, 0.25) is 11.7 Å². The Hall–Kier alpha value is -4.59. The Labute approximate surface area is 187 Å². The molecule has 0 spiro atoms. The lowest BCUT2D eigenvalue weighted by molar-refractivity contribution is -0.132. The molecule has 3 rings (SSSR count). The Kier molecular flexibility index (Phi) is 7.10. The van der Waals surface area contributed by atoms with Gasteiger partial charge >= 0.3 is 17.9 Å². The van der Waals surface area contributed by atoms with E-state index in [0.29, 0.717) is 5.75 Å². The van der Waals surface area contributed by atoms with Gasteiger partial charge in [-0.1, -0.05) is 37.4 Å². The Bertz CT molecular complexity index is 1210. The third-order valence-electron chi connectivity index (χ3n) is 4.21. The molecule has 0 atom stereocenters. The van der Waals surface area contributed by atoms with E-state index < -0.39 is 29.6 Å². The van der Waals surface area contributed by atoms with Crippen LogP contribution < -0.4 is 14.2 Å². The van der Waals surface area contributed by atoms with Crippen LogP contribution >= 0.6 is 0 Å². The summed E-state index contributed by atoms with van der Waals surface area (Å²) in [6.45, 7) is 5.71. The summed E-state index contributed by atoms with van der Waals surface area (Å²) >= 11 is 0. The molecule has 0 aliphatic heterocycles. The Morgan fingerprint density at radius 2 is 0.879 bits per heavy atom. The van der Waals surface area contributed by atoms with Gasteiger partial charge < -0.3 is 14.2 Å². The number of hydrogen-bond donors (Lipinski definition) is 0. The maximum Gasteiger partial charge on any atom is 0.371 e. The van der Waals surface area contributed by atoms with E-state index in [1.165, 1.54) is 36.4 Å². The second kappa shape index (κ2) is 10.1. The molecule has 33 heavy (non-hydrogen) atoms. The fourth-order valence-corrected chi connectivity index (χ4v) is 2.58. The molecular weight excluding hydrogens is 434 g/mol. The van der Waals surface area contributed by atoms with Crippen molar-refractivity contribution in [2.24, 2.45) is 0 Å². The van der Waals surface area contributed by atoms with Crippen molar-refractivity contribution in [1.29, 1.82) is 0 Å². The summed E-state index contributed by atoms with van der Waals surface area (Å²) in [5.41, 5.74) is 1.77. The normalized spacial score (nSPS) is 10.1. The molecule has 0 bridgehead atoms. The zero-order valence-electron chi connectivity index (χ0n) is 17.0. The summed E-state index contributed by atoms with van der Waals surface area (Å²) < 4.78 is 40.2. The molecule has 0 amide bonds. The molecule has 0 radical (unpaired) electrons. The molecular formula is C25H16F2O6. The molecule has 6 nitrogen and oxygen atoms in total. The molecule has 0 saturated heterocycles. The standard InChI is InChI=1S/C25H16F2O6/c1-15(26)23(28)31-20-9-3-17(4-10-20)18-5-11-22(12-6-18)33-25(30)19-7-13-21(14-8-19)32-24(29)16(2)27/h3-14H,1-2H2. The summed E-state index contributed by atoms with van der Waals surface area (Å²) in [7, 11) is 0. The van der Waals surface area contributed by atoms with Crippen LogP contribution in [0.15, 0.2) is 97.6 Å². The van der Waals surface area contributed by atoms with Crippen LogP contribution in [-0.4, -0.2) is 17.9 Å². The van der Waals surface area contributed by atoms with Gasteiger partial charge in [0.25, 0.3) is 0 Å². The van der Waals surface area contributed by atoms with Crippen molar-refractivity contribution in [3.05, 3.63) is 103 Å². The molecule has 0 unspecified atom stereocenters. The van der Waals surface area contributed by atoms with Crippen LogP contribution in [0.2, 0.25) is 0 Å². The molecule has 3 aromatic carbocycles. The minimum Gasteiger partial charge on any atom is -0.423 e. The molecule has 0 fully saturated rings. The summed E-state index contributed by atoms with van der Waals surface area (Å²) in [5, 5.41) is 0. The molecule has 0 N–H and O–H groups in total. The van der Waals surface area contributed by atoms with Gasteiger partial charge in [-0.05, 0) is 59.7 Å². The fourth-order valence-electron chi connectivity index (χ4n) is 2.58. The van der Waals surface area contributed by atoms with Gasteiger partial charge in [0.1, 0.15) is 17.2 Å². The number of carbonyl (C=O) groups is 3. The Balaban J connectivity index is 1.61. The minimum atomic E-state index is -1.23. The number of rotatable bonds is 7. The molecule has 3 aromatic rings. The van der Waals surface area contributed by atoms with E-state index in [9.17, 15) is 23.2 Å². The van der Waals surface area contributed by atoms with Gasteiger partial charge in [0.15, 0.2) is 0 Å². The highest BCUT2D eigenvalue weighted by molar-refractivity contribution is 5.91. The van der Waals surface area contributed by atoms with E-state index in [1.54, 1.807) is 36.4 Å². The van der Waals surface area contributed by atoms with Crippen LogP contribution in [-0.2, 0) is 9.59 Å². The zero-order valence-corrected chi connectivity index (χ0v) is 17.0. The van der Waals surface area contributed by atoms with E-state index in [0.717, 1.165) is 11.1 Å². The maximum atomic E-state index is 12.7. The average Bonchev–Trinajstić information content (AvgIpc) is 2.80. The summed E-state index contributed by atoms with van der Waals surface area (Å²) in [4.78, 5) is 34.7. The molecule has 0 aliphatic rings. The lowest BCUT2D eigenvalue weighted by Gasteiger charge is -2.08. The fraction of sp³-hybridized carbons (Fsp3) is 0. The smallest absolute Gasteiger partial charge is 0.371 e. The first-order chi connectivity index (χ1) is 15.7. The average molecular weight is 450 g/mol. The van der Waals surface area contributed by atoms with Gasteiger partial charge in [-0.3, -0.25) is 0 Å². The number of esters is 3. The van der Waals surface area contributed by atoms with Crippen LogP contribution in [0.1, 0.15) is 10.4 Å². The van der Waals surface area contributed by atoms with Crippen molar-refractivity contribution < 1.29 is 37.4 Å². The van der Waals surface area contributed by atoms with Gasteiger partial charge in [-0.2, -0.15) is 8.78 Å². The molecule has 0 aliphatic carbocycles. The van der Waals surface area contributed by atoms with Gasteiger partial charge in [0, 0.05) is 0 Å². The maximum absolute atomic E-state index is 12.7. The first-order valence-corrected chi connectivity index (χ1v) is 9.39. The molecule has 0 heterocycles. The number of carbonyl (C=O) groups excluding carboxylic acids is 3. The topological polar surface area (TPSA) is 78.9 Å². The van der Waals surface area contributed by atoms with Crippen LogP contribution in [0, 0.1) is 0 Å². The second-order valence-electron chi connectivity index (χ2n) is 6.55. The van der Waals surface area contributed by atoms with Crippen LogP contribution in [0.5, 0.6) is 17.2 Å². The summed E-state index contributed by atoms with van der Waals surface area (Å²) in [6.07, 6.45) is 0. The van der Waals surface area contributed by atoms with Crippen molar-refractivity contribution in [3.8, 4) is 28.4 Å². The van der Waals surface area contributed by atoms with E-state index in [1.807, 2.05) is 0 Å². The van der Waals surface area contributed by atoms with Crippen LogP contribution in [0.4, 0.5) is 8.78 Å². The lowest BCUT2D eigenvalue weighted by atomic mass is 10.1. The highest BCUT2D eigenvalue weighted by atomic mass is 19.1. The quantitative estimate of drug-likeness (QED) is 0.274. The monoisotopic (exact) mass is 450 g/mol. The van der Waals surface area contributed by atoms with E-state index in [4.69, 9.17) is 14.2 Å². The predicted molar refractivity (Wildman–Crippen MR) is 115 cm³/mol. The number of ether oxygens (including phenoxy) is 3. The van der Waals surface area contributed by atoms with Gasteiger partial charge in [0.05, 0.1) is 5.56 Å². The largest absolute Gasteiger partial charge is 0.423 e. The molecule has 0 saturated carbocycles. The highest BCUT2D eigenvalue weighted by Crippen LogP contribution is 2.25. The third kappa shape index (κ3) is 6.20. The first-order valence-electron chi connectivity index (χ1n) is 9.39. The minimum absolute atomic E-state index is 0.0510. The summed E-state index contributed by atoms with van der Waals surface area (Å²) in [5.74, 6) is -4.92. The van der Waals surface area contributed by atoms with Crippen molar-refractivity contribution in [3.63, 3.8) is 0 Å². The second-order valence-corrected chi connectivity index (χ2v) is 6.55. The van der Waals surface area contributed by atoms with Crippen molar-refractivity contribution in [2.75, 3.05) is 0 Å². The van der Waals surface area contributed by atoms with Gasteiger partial charge in [-0.25, -0.2) is 14.4 Å². The summed E-state index contributed by atoms with van der Waals surface area (Å²) in [6, 6.07) is 18.4. The Morgan fingerprint density at radius 1 is 0.545 bits per heavy atom. The molecule has 166 valence electrons. The van der Waals surface area contributed by atoms with E-state index in [2.05, 4.69) is 13.2 Å². The number of halogens is 2. The van der Waals surface area contributed by atoms with Crippen LogP contribution in [0.25, 0.3) is 11.1 Å². The van der Waals surface area contributed by atoms with Gasteiger partial charge in [-0.15, -0.1) is 0 Å². The van der Waals surface area contributed by atoms with E-state index >= 15 is 0 Å². The van der Waals surface area contributed by atoms with E-state index in [-0.39, 0.29) is 17.1 Å². The number of hydrogen-bond acceptors (Lipinski definition) is 6. The van der Waals surface area contributed by atoms with Crippen LogP contribution in [0.3, 0.4) is 0 Å². The SMILES string of the molecule is C=C(F)C(=O)Oc1ccc(C(=O)Oc2ccc(-c3ccc(OC(=O)C(=C)F)cc3)cc2)cc1. The van der Waals surface area contributed by atoms with Crippen molar-refractivity contribution in [1.82, 2.24) is 0 Å². The third-order valence-corrected chi connectivity index (χ3v) is 4.21.